The molecular weight excluding hydrogens is 481 g/mol. The second-order valence-electron chi connectivity index (χ2n) is 10.1. The summed E-state index contributed by atoms with van der Waals surface area (Å²) in [4.78, 5) is 19.9. The standard InChI is InChI=1S/C26H38FN5O3S/c1-17(2)36(34,35)32(5)25-14-20(13-24(30-25)31(4)16-21-11-18(21)3)26(33)29-23(22(28)15-27)12-19-9-7-6-8-10-19/h6-10,13-14,17-18,21-23H,11-12,15-16,28H2,1-5H3,(H,29,33)/t18-,21+,22-,23-/m0/s1. The first-order valence-corrected chi connectivity index (χ1v) is 13.8. The molecule has 2 aromatic rings. The van der Waals surface area contributed by atoms with Gasteiger partial charge in [0.05, 0.1) is 17.3 Å². The Bertz CT molecular complexity index is 1150. The van der Waals surface area contributed by atoms with Crippen molar-refractivity contribution in [1.29, 1.82) is 0 Å². The van der Waals surface area contributed by atoms with Gasteiger partial charge >= 0.3 is 0 Å². The number of halogens is 1. The summed E-state index contributed by atoms with van der Waals surface area (Å²) in [5.41, 5.74) is 7.17. The second-order valence-corrected chi connectivity index (χ2v) is 12.6. The van der Waals surface area contributed by atoms with Crippen LogP contribution in [0.25, 0.3) is 0 Å². The number of rotatable bonds is 12. The molecule has 1 aromatic carbocycles. The zero-order valence-electron chi connectivity index (χ0n) is 21.7. The van der Waals surface area contributed by atoms with E-state index in [0.29, 0.717) is 24.1 Å². The second kappa shape index (κ2) is 11.6. The monoisotopic (exact) mass is 519 g/mol. The molecule has 3 N–H and O–H groups in total. The summed E-state index contributed by atoms with van der Waals surface area (Å²) in [5, 5.41) is 2.21. The Morgan fingerprint density at radius 1 is 1.19 bits per heavy atom. The molecule has 1 amide bonds. The number of carbonyl (C=O) groups excluding carboxylic acids is 1. The van der Waals surface area contributed by atoms with Crippen molar-refractivity contribution < 1.29 is 17.6 Å². The van der Waals surface area contributed by atoms with Crippen LogP contribution in [0.4, 0.5) is 16.0 Å². The van der Waals surface area contributed by atoms with Crippen LogP contribution >= 0.6 is 0 Å². The van der Waals surface area contributed by atoms with Gasteiger partial charge in [-0.2, -0.15) is 0 Å². The highest BCUT2D eigenvalue weighted by Crippen LogP contribution is 2.38. The Morgan fingerprint density at radius 2 is 1.81 bits per heavy atom. The van der Waals surface area contributed by atoms with Gasteiger partial charge in [0.25, 0.3) is 5.91 Å². The summed E-state index contributed by atoms with van der Waals surface area (Å²) in [5.74, 6) is 1.35. The van der Waals surface area contributed by atoms with E-state index in [1.54, 1.807) is 19.9 Å². The predicted octanol–water partition coefficient (Wildman–Crippen LogP) is 2.99. The van der Waals surface area contributed by atoms with Crippen molar-refractivity contribution in [3.63, 3.8) is 0 Å². The summed E-state index contributed by atoms with van der Waals surface area (Å²) < 4.78 is 40.3. The maximum Gasteiger partial charge on any atom is 0.251 e. The van der Waals surface area contributed by atoms with Crippen molar-refractivity contribution in [2.24, 2.45) is 17.6 Å². The third kappa shape index (κ3) is 6.73. The first-order chi connectivity index (χ1) is 16.9. The van der Waals surface area contributed by atoms with Crippen LogP contribution in [0.2, 0.25) is 0 Å². The van der Waals surface area contributed by atoms with Crippen molar-refractivity contribution in [1.82, 2.24) is 10.3 Å². The molecule has 0 bridgehead atoms. The van der Waals surface area contributed by atoms with Gasteiger partial charge in [-0.05, 0) is 56.2 Å². The Kier molecular flexibility index (Phi) is 8.94. The Morgan fingerprint density at radius 3 is 2.36 bits per heavy atom. The van der Waals surface area contributed by atoms with E-state index in [1.165, 1.54) is 13.1 Å². The number of hydrogen-bond acceptors (Lipinski definition) is 6. The number of hydrogen-bond donors (Lipinski definition) is 2. The SMILES string of the molecule is CC(C)S(=O)(=O)N(C)c1cc(C(=O)N[C@@H](Cc2ccccc2)[C@@H](N)CF)cc(N(C)C[C@H]2C[C@@H]2C)n1. The average molecular weight is 520 g/mol. The average Bonchev–Trinajstić information content (AvgIpc) is 3.56. The lowest BCUT2D eigenvalue weighted by atomic mass is 10.00. The van der Waals surface area contributed by atoms with Crippen molar-refractivity contribution in [2.75, 3.05) is 36.5 Å². The van der Waals surface area contributed by atoms with Crippen molar-refractivity contribution in [3.05, 3.63) is 53.6 Å². The van der Waals surface area contributed by atoms with Gasteiger partial charge in [0, 0.05) is 26.2 Å². The van der Waals surface area contributed by atoms with Crippen molar-refractivity contribution in [3.8, 4) is 0 Å². The van der Waals surface area contributed by atoms with Gasteiger partial charge in [0.1, 0.15) is 18.3 Å². The molecule has 1 heterocycles. The number of sulfonamides is 1. The van der Waals surface area contributed by atoms with E-state index in [4.69, 9.17) is 5.73 Å². The molecule has 198 valence electrons. The third-order valence-corrected chi connectivity index (χ3v) is 8.99. The fourth-order valence-corrected chi connectivity index (χ4v) is 5.06. The Hall–Kier alpha value is -2.72. The number of amides is 1. The van der Waals surface area contributed by atoms with E-state index < -0.39 is 39.9 Å². The number of benzene rings is 1. The lowest BCUT2D eigenvalue weighted by molar-refractivity contribution is 0.0928. The molecule has 3 rings (SSSR count). The van der Waals surface area contributed by atoms with Gasteiger partial charge in [-0.1, -0.05) is 37.3 Å². The van der Waals surface area contributed by atoms with E-state index in [-0.39, 0.29) is 11.4 Å². The highest BCUT2D eigenvalue weighted by Gasteiger charge is 2.34. The number of nitrogens with zero attached hydrogens (tertiary/aromatic N) is 3. The van der Waals surface area contributed by atoms with Crippen molar-refractivity contribution >= 4 is 27.6 Å². The number of alkyl halides is 1. The number of nitrogens with one attached hydrogen (secondary N) is 1. The Balaban J connectivity index is 1.93. The minimum Gasteiger partial charge on any atom is -0.359 e. The molecule has 1 aliphatic rings. The van der Waals surface area contributed by atoms with E-state index in [9.17, 15) is 17.6 Å². The quantitative estimate of drug-likeness (QED) is 0.446. The molecule has 1 aliphatic carbocycles. The molecule has 4 atom stereocenters. The maximum absolute atomic E-state index is 13.5. The van der Waals surface area contributed by atoms with Gasteiger partial charge in [0.2, 0.25) is 10.0 Å². The summed E-state index contributed by atoms with van der Waals surface area (Å²) in [6, 6.07) is 11.0. The highest BCUT2D eigenvalue weighted by atomic mass is 32.2. The van der Waals surface area contributed by atoms with Crippen LogP contribution in [0.15, 0.2) is 42.5 Å². The molecule has 10 heteroatoms. The number of nitrogens with two attached hydrogens (primary N) is 1. The fraction of sp³-hybridized carbons (Fsp3) is 0.538. The van der Waals surface area contributed by atoms with E-state index in [1.807, 2.05) is 42.3 Å². The molecule has 1 saturated carbocycles. The van der Waals surface area contributed by atoms with Gasteiger partial charge in [-0.3, -0.25) is 9.10 Å². The lowest BCUT2D eigenvalue weighted by Gasteiger charge is -2.26. The molecule has 0 saturated heterocycles. The van der Waals surface area contributed by atoms with E-state index in [2.05, 4.69) is 17.2 Å². The highest BCUT2D eigenvalue weighted by molar-refractivity contribution is 7.93. The Labute approximate surface area is 214 Å². The first kappa shape index (κ1) is 27.9. The molecule has 0 radical (unpaired) electrons. The number of aromatic nitrogens is 1. The zero-order chi connectivity index (χ0) is 26.6. The van der Waals surface area contributed by atoms with Crippen molar-refractivity contribution in [2.45, 2.75) is 50.9 Å². The van der Waals surface area contributed by atoms with Gasteiger partial charge in [0.15, 0.2) is 0 Å². The van der Waals surface area contributed by atoms with Crippen LogP contribution in [0.5, 0.6) is 0 Å². The number of carbonyl (C=O) groups is 1. The molecule has 1 fully saturated rings. The van der Waals surface area contributed by atoms with Gasteiger partial charge in [-0.25, -0.2) is 17.8 Å². The van der Waals surface area contributed by atoms with Crippen LogP contribution < -0.4 is 20.3 Å². The summed E-state index contributed by atoms with van der Waals surface area (Å²) in [6.07, 6.45) is 1.49. The molecule has 0 spiro atoms. The molecular formula is C26H38FN5O3S. The largest absolute Gasteiger partial charge is 0.359 e. The van der Waals surface area contributed by atoms with E-state index in [0.717, 1.165) is 22.8 Å². The van der Waals surface area contributed by atoms with Crippen LogP contribution in [-0.4, -0.2) is 64.0 Å². The van der Waals surface area contributed by atoms with Crippen LogP contribution in [0.3, 0.4) is 0 Å². The third-order valence-electron chi connectivity index (χ3n) is 6.85. The molecule has 0 aliphatic heterocycles. The summed E-state index contributed by atoms with van der Waals surface area (Å²) in [7, 11) is -0.349. The topological polar surface area (TPSA) is 109 Å². The van der Waals surface area contributed by atoms with Gasteiger partial charge < -0.3 is 16.0 Å². The first-order valence-electron chi connectivity index (χ1n) is 12.3. The maximum atomic E-state index is 13.5. The smallest absolute Gasteiger partial charge is 0.251 e. The predicted molar refractivity (Wildman–Crippen MR) is 143 cm³/mol. The normalized spacial score (nSPS) is 19.0. The van der Waals surface area contributed by atoms with Crippen LogP contribution in [0, 0.1) is 11.8 Å². The molecule has 8 nitrogen and oxygen atoms in total. The molecule has 0 unspecified atom stereocenters. The van der Waals surface area contributed by atoms with Crippen LogP contribution in [-0.2, 0) is 16.4 Å². The fourth-order valence-electron chi connectivity index (χ4n) is 4.07. The van der Waals surface area contributed by atoms with Crippen LogP contribution in [0.1, 0.15) is 43.1 Å². The van der Waals surface area contributed by atoms with E-state index >= 15 is 0 Å². The minimum atomic E-state index is -3.66. The molecule has 36 heavy (non-hydrogen) atoms. The number of anilines is 2. The summed E-state index contributed by atoms with van der Waals surface area (Å²) in [6.45, 7) is 5.34. The molecule has 1 aromatic heterocycles. The summed E-state index contributed by atoms with van der Waals surface area (Å²) >= 11 is 0. The zero-order valence-corrected chi connectivity index (χ0v) is 22.5. The lowest BCUT2D eigenvalue weighted by Crippen LogP contribution is -2.50. The van der Waals surface area contributed by atoms with Gasteiger partial charge in [-0.15, -0.1) is 0 Å². The number of pyridine rings is 1. The minimum absolute atomic E-state index is 0.149.